The Hall–Kier alpha value is -1.44. The summed E-state index contributed by atoms with van der Waals surface area (Å²) in [5, 5.41) is 0. The number of rotatable bonds is 7. The van der Waals surface area contributed by atoms with Gasteiger partial charge in [-0.15, -0.1) is 0 Å². The number of nitrogens with two attached hydrogens (primary N) is 2. The summed E-state index contributed by atoms with van der Waals surface area (Å²) in [5.41, 5.74) is 11.4. The van der Waals surface area contributed by atoms with E-state index < -0.39 is 21.3 Å². The molecule has 0 unspecified atom stereocenters. The molecule has 0 saturated carbocycles. The Balaban J connectivity index is 2.68. The maximum atomic E-state index is 11.9. The number of sulfonamides is 1. The molecule has 1 aromatic carbocycles. The third-order valence-electron chi connectivity index (χ3n) is 3.02. The van der Waals surface area contributed by atoms with E-state index in [4.69, 9.17) is 11.5 Å². The normalized spacial score (nSPS) is 12.3. The minimum absolute atomic E-state index is 0.0223. The van der Waals surface area contributed by atoms with E-state index >= 15 is 0 Å². The molecule has 7 heteroatoms. The molecule has 0 saturated heterocycles. The van der Waals surface area contributed by atoms with Crippen molar-refractivity contribution in [2.24, 2.45) is 16.9 Å². The van der Waals surface area contributed by atoms with Crippen molar-refractivity contribution in [3.05, 3.63) is 35.4 Å². The molecule has 0 heterocycles. The van der Waals surface area contributed by atoms with Crippen molar-refractivity contribution in [1.82, 2.24) is 4.72 Å². The number of primary amides is 1. The van der Waals surface area contributed by atoms with E-state index in [0.717, 1.165) is 5.56 Å². The maximum absolute atomic E-state index is 11.9. The van der Waals surface area contributed by atoms with Crippen molar-refractivity contribution in [3.63, 3.8) is 0 Å². The molecule has 0 aromatic heterocycles. The van der Waals surface area contributed by atoms with Gasteiger partial charge in [-0.25, -0.2) is 13.1 Å². The van der Waals surface area contributed by atoms with Crippen molar-refractivity contribution in [2.45, 2.75) is 26.1 Å². The Morgan fingerprint density at radius 1 is 1.20 bits per heavy atom. The van der Waals surface area contributed by atoms with Crippen LogP contribution in [0.3, 0.4) is 0 Å². The summed E-state index contributed by atoms with van der Waals surface area (Å²) in [6.45, 7) is 3.57. The largest absolute Gasteiger partial charge is 0.369 e. The summed E-state index contributed by atoms with van der Waals surface area (Å²) in [6.07, 6.45) is 0. The van der Waals surface area contributed by atoms with Crippen molar-refractivity contribution >= 4 is 15.9 Å². The van der Waals surface area contributed by atoms with Gasteiger partial charge in [0.05, 0.1) is 11.2 Å². The zero-order valence-corrected chi connectivity index (χ0v) is 12.5. The van der Waals surface area contributed by atoms with Gasteiger partial charge < -0.3 is 11.5 Å². The van der Waals surface area contributed by atoms with Gasteiger partial charge in [0.2, 0.25) is 15.9 Å². The zero-order chi connectivity index (χ0) is 15.4. The highest BCUT2D eigenvalue weighted by Crippen LogP contribution is 2.13. The molecule has 6 nitrogen and oxygen atoms in total. The fourth-order valence-electron chi connectivity index (χ4n) is 1.42. The van der Waals surface area contributed by atoms with Crippen LogP contribution >= 0.6 is 0 Å². The lowest BCUT2D eigenvalue weighted by molar-refractivity contribution is -0.125. The van der Waals surface area contributed by atoms with Gasteiger partial charge in [-0.2, -0.15) is 0 Å². The molecule has 112 valence electrons. The summed E-state index contributed by atoms with van der Waals surface area (Å²) in [6, 6.07) is 7.03. The SMILES string of the molecule is CC(C)(CNS(=O)(=O)Cc1ccc(CN)cc1)C(N)=O. The maximum Gasteiger partial charge on any atom is 0.224 e. The number of nitrogens with one attached hydrogen (secondary N) is 1. The first-order valence-electron chi connectivity index (χ1n) is 6.21. The van der Waals surface area contributed by atoms with E-state index in [9.17, 15) is 13.2 Å². The predicted octanol–water partition coefficient (Wildman–Crippen LogP) is 0.0762. The van der Waals surface area contributed by atoms with Gasteiger partial charge in [-0.05, 0) is 25.0 Å². The number of hydrogen-bond acceptors (Lipinski definition) is 4. The third-order valence-corrected chi connectivity index (χ3v) is 4.31. The van der Waals surface area contributed by atoms with Crippen molar-refractivity contribution in [1.29, 1.82) is 0 Å². The van der Waals surface area contributed by atoms with Crippen molar-refractivity contribution in [3.8, 4) is 0 Å². The van der Waals surface area contributed by atoms with Crippen LogP contribution in [0.2, 0.25) is 0 Å². The second-order valence-electron chi connectivity index (χ2n) is 5.35. The summed E-state index contributed by atoms with van der Waals surface area (Å²) in [4.78, 5) is 11.1. The predicted molar refractivity (Wildman–Crippen MR) is 77.9 cm³/mol. The number of carbonyl (C=O) groups excluding carboxylic acids is 1. The molecule has 0 bridgehead atoms. The average Bonchev–Trinajstić information content (AvgIpc) is 2.37. The van der Waals surface area contributed by atoms with Crippen LogP contribution in [0.1, 0.15) is 25.0 Å². The van der Waals surface area contributed by atoms with Crippen LogP contribution in [0.4, 0.5) is 0 Å². The number of benzene rings is 1. The van der Waals surface area contributed by atoms with Crippen LogP contribution in [0.25, 0.3) is 0 Å². The lowest BCUT2D eigenvalue weighted by Gasteiger charge is -2.20. The van der Waals surface area contributed by atoms with Crippen molar-refractivity contribution in [2.75, 3.05) is 6.54 Å². The standard InChI is InChI=1S/C13H21N3O3S/c1-13(2,12(15)17)9-16-20(18,19)8-11-5-3-10(7-14)4-6-11/h3-6,16H,7-9,14H2,1-2H3,(H2,15,17). The second kappa shape index (κ2) is 6.34. The molecule has 20 heavy (non-hydrogen) atoms. The van der Waals surface area contributed by atoms with Gasteiger partial charge >= 0.3 is 0 Å². The molecule has 0 spiro atoms. The lowest BCUT2D eigenvalue weighted by atomic mass is 9.93. The van der Waals surface area contributed by atoms with E-state index in [1.54, 1.807) is 38.1 Å². The summed E-state index contributed by atoms with van der Waals surface area (Å²) < 4.78 is 26.3. The zero-order valence-electron chi connectivity index (χ0n) is 11.7. The van der Waals surface area contributed by atoms with E-state index in [1.807, 2.05) is 0 Å². The van der Waals surface area contributed by atoms with Crippen LogP contribution in [-0.2, 0) is 27.1 Å². The number of amides is 1. The Morgan fingerprint density at radius 2 is 1.70 bits per heavy atom. The minimum Gasteiger partial charge on any atom is -0.369 e. The summed E-state index contributed by atoms with van der Waals surface area (Å²) in [7, 11) is -3.51. The highest BCUT2D eigenvalue weighted by Gasteiger charge is 2.26. The Morgan fingerprint density at radius 3 is 2.15 bits per heavy atom. The minimum atomic E-state index is -3.51. The highest BCUT2D eigenvalue weighted by molar-refractivity contribution is 7.88. The molecule has 5 N–H and O–H groups in total. The molecule has 1 aromatic rings. The molecule has 1 rings (SSSR count). The van der Waals surface area contributed by atoms with Crippen molar-refractivity contribution < 1.29 is 13.2 Å². The molecule has 0 aliphatic rings. The van der Waals surface area contributed by atoms with Gasteiger partial charge in [0.25, 0.3) is 0 Å². The molecule has 0 aliphatic heterocycles. The Kier molecular flexibility index (Phi) is 5.27. The van der Waals surface area contributed by atoms with Gasteiger partial charge in [-0.3, -0.25) is 4.79 Å². The van der Waals surface area contributed by atoms with Gasteiger partial charge in [-0.1, -0.05) is 24.3 Å². The van der Waals surface area contributed by atoms with E-state index in [-0.39, 0.29) is 12.3 Å². The molecule has 0 radical (unpaired) electrons. The summed E-state index contributed by atoms with van der Waals surface area (Å²) >= 11 is 0. The number of carbonyl (C=O) groups is 1. The van der Waals surface area contributed by atoms with E-state index in [2.05, 4.69) is 4.72 Å². The third kappa shape index (κ3) is 4.92. The topological polar surface area (TPSA) is 115 Å². The molecular formula is C13H21N3O3S. The first-order chi connectivity index (χ1) is 9.16. The smallest absolute Gasteiger partial charge is 0.224 e. The van der Waals surface area contributed by atoms with Crippen LogP contribution in [-0.4, -0.2) is 20.9 Å². The first kappa shape index (κ1) is 16.6. The fraction of sp³-hybridized carbons (Fsp3) is 0.462. The van der Waals surface area contributed by atoms with Crippen LogP contribution in [0, 0.1) is 5.41 Å². The Bertz CT molecular complexity index is 565. The molecule has 0 fully saturated rings. The Labute approximate surface area is 119 Å². The molecule has 0 aliphatic carbocycles. The highest BCUT2D eigenvalue weighted by atomic mass is 32.2. The quantitative estimate of drug-likeness (QED) is 0.661. The summed E-state index contributed by atoms with van der Waals surface area (Å²) in [5.74, 6) is -0.695. The van der Waals surface area contributed by atoms with E-state index in [0.29, 0.717) is 12.1 Å². The second-order valence-corrected chi connectivity index (χ2v) is 7.16. The molecule has 0 atom stereocenters. The van der Waals surface area contributed by atoms with Crippen LogP contribution in [0.15, 0.2) is 24.3 Å². The molecular weight excluding hydrogens is 278 g/mol. The van der Waals surface area contributed by atoms with E-state index in [1.165, 1.54) is 0 Å². The fourth-order valence-corrected chi connectivity index (χ4v) is 2.73. The van der Waals surface area contributed by atoms with Crippen LogP contribution in [0.5, 0.6) is 0 Å². The first-order valence-corrected chi connectivity index (χ1v) is 7.87. The monoisotopic (exact) mass is 299 g/mol. The average molecular weight is 299 g/mol. The van der Waals surface area contributed by atoms with Gasteiger partial charge in [0.1, 0.15) is 0 Å². The van der Waals surface area contributed by atoms with Crippen LogP contribution < -0.4 is 16.2 Å². The lowest BCUT2D eigenvalue weighted by Crippen LogP contribution is -2.42. The number of hydrogen-bond donors (Lipinski definition) is 3. The van der Waals surface area contributed by atoms with Gasteiger partial charge in [0, 0.05) is 13.1 Å². The molecule has 1 amide bonds. The van der Waals surface area contributed by atoms with Gasteiger partial charge in [0.15, 0.2) is 0 Å².